The number of nitrogens with one attached hydrogen (secondary N) is 1. The lowest BCUT2D eigenvalue weighted by molar-refractivity contribution is 0.0277. The van der Waals surface area contributed by atoms with Crippen LogP contribution in [0.5, 0.6) is 0 Å². The number of thiazole rings is 2. The van der Waals surface area contributed by atoms with E-state index in [0.717, 1.165) is 36.2 Å². The average Bonchev–Trinajstić information content (AvgIpc) is 3.53. The van der Waals surface area contributed by atoms with E-state index >= 15 is 0 Å². The number of carbonyl (C=O) groups excluding carboxylic acids is 2. The Kier molecular flexibility index (Phi) is 6.16. The van der Waals surface area contributed by atoms with Crippen molar-refractivity contribution >= 4 is 44.7 Å². The Morgan fingerprint density at radius 3 is 2.74 bits per heavy atom. The number of aromatic nitrogens is 2. The summed E-state index contributed by atoms with van der Waals surface area (Å²) in [6.07, 6.45) is -0.547. The fourth-order valence-electron chi connectivity index (χ4n) is 4.08. The Balaban J connectivity index is 1.31. The molecule has 2 aromatic carbocycles. The third kappa shape index (κ3) is 4.46. The molecule has 0 radical (unpaired) electrons. The molecule has 1 aliphatic rings. The summed E-state index contributed by atoms with van der Waals surface area (Å²) in [5.41, 5.74) is 3.88. The first-order valence-electron chi connectivity index (χ1n) is 11.0. The fraction of sp³-hybridized carbons (Fsp3) is 0.280. The Morgan fingerprint density at radius 1 is 1.09 bits per heavy atom. The molecule has 5 rings (SSSR count). The van der Waals surface area contributed by atoms with E-state index in [4.69, 9.17) is 4.74 Å². The summed E-state index contributed by atoms with van der Waals surface area (Å²) < 4.78 is 6.84. The van der Waals surface area contributed by atoms with Crippen LogP contribution in [0.15, 0.2) is 42.5 Å². The molecule has 0 aliphatic carbocycles. The van der Waals surface area contributed by atoms with Crippen LogP contribution < -0.4 is 5.32 Å². The second-order valence-corrected chi connectivity index (χ2v) is 10.7. The van der Waals surface area contributed by atoms with Gasteiger partial charge in [-0.05, 0) is 44.5 Å². The summed E-state index contributed by atoms with van der Waals surface area (Å²) in [7, 11) is 0. The number of rotatable bonds is 5. The van der Waals surface area contributed by atoms with Crippen molar-refractivity contribution in [1.82, 2.24) is 20.2 Å². The van der Waals surface area contributed by atoms with Crippen LogP contribution in [0.25, 0.3) is 20.7 Å². The molecule has 3 heterocycles. The van der Waals surface area contributed by atoms with E-state index in [-0.39, 0.29) is 18.4 Å². The molecule has 9 heteroatoms. The summed E-state index contributed by atoms with van der Waals surface area (Å²) in [6.45, 7) is 6.94. The van der Waals surface area contributed by atoms with Crippen molar-refractivity contribution in [3.8, 4) is 10.4 Å². The first-order chi connectivity index (χ1) is 16.4. The van der Waals surface area contributed by atoms with Gasteiger partial charge in [0.1, 0.15) is 11.9 Å². The van der Waals surface area contributed by atoms with E-state index in [1.54, 1.807) is 28.4 Å². The lowest BCUT2D eigenvalue weighted by atomic mass is 10.1. The van der Waals surface area contributed by atoms with Gasteiger partial charge in [0.05, 0.1) is 38.3 Å². The maximum atomic E-state index is 13.5. The van der Waals surface area contributed by atoms with Gasteiger partial charge in [-0.25, -0.2) is 9.97 Å². The van der Waals surface area contributed by atoms with Gasteiger partial charge in [0.25, 0.3) is 11.8 Å². The number of fused-ring (bicyclic) bond motifs is 1. The van der Waals surface area contributed by atoms with E-state index in [1.807, 2.05) is 45.0 Å². The van der Waals surface area contributed by atoms with E-state index < -0.39 is 6.23 Å². The minimum absolute atomic E-state index is 0.183. The van der Waals surface area contributed by atoms with Crippen molar-refractivity contribution in [2.24, 2.45) is 0 Å². The van der Waals surface area contributed by atoms with Crippen molar-refractivity contribution in [2.75, 3.05) is 19.7 Å². The number of hydrogen-bond donors (Lipinski definition) is 1. The van der Waals surface area contributed by atoms with Crippen LogP contribution in [0, 0.1) is 20.8 Å². The second kappa shape index (κ2) is 9.25. The van der Waals surface area contributed by atoms with Gasteiger partial charge in [0.2, 0.25) is 0 Å². The van der Waals surface area contributed by atoms with Crippen molar-refractivity contribution in [3.63, 3.8) is 0 Å². The maximum Gasteiger partial charge on any atom is 0.276 e. The van der Waals surface area contributed by atoms with E-state index in [9.17, 15) is 9.59 Å². The number of carbonyl (C=O) groups is 2. The normalized spacial score (nSPS) is 15.7. The molecule has 1 unspecified atom stereocenters. The monoisotopic (exact) mass is 492 g/mol. The fourth-order valence-corrected chi connectivity index (χ4v) is 5.79. The molecular formula is C25H24N4O3S2. The van der Waals surface area contributed by atoms with Crippen LogP contribution in [-0.4, -0.2) is 52.6 Å². The minimum Gasteiger partial charge on any atom is -0.355 e. The molecule has 1 saturated heterocycles. The Labute approximate surface area is 205 Å². The van der Waals surface area contributed by atoms with Gasteiger partial charge in [-0.1, -0.05) is 29.8 Å². The third-order valence-corrected chi connectivity index (χ3v) is 7.63. The number of nitrogens with zero attached hydrogens (tertiary/aromatic N) is 3. The molecule has 1 atom stereocenters. The zero-order valence-corrected chi connectivity index (χ0v) is 20.8. The first kappa shape index (κ1) is 22.6. The molecule has 0 saturated carbocycles. The molecule has 2 aromatic heterocycles. The summed E-state index contributed by atoms with van der Waals surface area (Å²) in [4.78, 5) is 37.8. The topological polar surface area (TPSA) is 84.4 Å². The highest BCUT2D eigenvalue weighted by atomic mass is 32.1. The van der Waals surface area contributed by atoms with Crippen LogP contribution in [0.4, 0.5) is 0 Å². The molecule has 4 aromatic rings. The average molecular weight is 493 g/mol. The lowest BCUT2D eigenvalue weighted by Crippen LogP contribution is -2.44. The molecule has 34 heavy (non-hydrogen) atoms. The van der Waals surface area contributed by atoms with Crippen molar-refractivity contribution in [1.29, 1.82) is 0 Å². The van der Waals surface area contributed by atoms with Crippen LogP contribution in [0.3, 0.4) is 0 Å². The molecule has 1 N–H and O–H groups in total. The lowest BCUT2D eigenvalue weighted by Gasteiger charge is -2.23. The molecule has 7 nitrogen and oxygen atoms in total. The van der Waals surface area contributed by atoms with E-state index in [2.05, 4.69) is 21.4 Å². The standard InChI is InChI=1S/C25H24N4O3S2/c1-14-5-4-6-17(11-14)23-22(28-16(3)34-23)25(31)29-9-10-32-21(29)13-26-24(30)18-7-8-20-19(12-18)27-15(2)33-20/h4-8,11-12,21H,9-10,13H2,1-3H3,(H,26,30). The molecule has 0 bridgehead atoms. The molecule has 1 aliphatic heterocycles. The molecule has 174 valence electrons. The van der Waals surface area contributed by atoms with Gasteiger partial charge in [-0.3, -0.25) is 9.59 Å². The molecule has 1 fully saturated rings. The summed E-state index contributed by atoms with van der Waals surface area (Å²) in [5.74, 6) is -0.405. The Bertz CT molecular complexity index is 1390. The Hall–Kier alpha value is -3.14. The van der Waals surface area contributed by atoms with Gasteiger partial charge in [-0.15, -0.1) is 22.7 Å². The number of amides is 2. The second-order valence-electron chi connectivity index (χ2n) is 8.23. The third-order valence-electron chi connectivity index (χ3n) is 5.66. The number of hydrogen-bond acceptors (Lipinski definition) is 7. The van der Waals surface area contributed by atoms with Crippen molar-refractivity contribution in [3.05, 3.63) is 69.3 Å². The SMILES string of the molecule is Cc1cccc(-c2sc(C)nc2C(=O)N2CCOC2CNC(=O)c2ccc3sc(C)nc3c2)c1. The highest BCUT2D eigenvalue weighted by molar-refractivity contribution is 7.18. The van der Waals surface area contributed by atoms with E-state index in [0.29, 0.717) is 24.4 Å². The zero-order chi connectivity index (χ0) is 23.8. The molecular weight excluding hydrogens is 468 g/mol. The van der Waals surface area contributed by atoms with Crippen LogP contribution in [-0.2, 0) is 4.74 Å². The predicted octanol–water partition coefficient (Wildman–Crippen LogP) is 4.57. The number of benzene rings is 2. The van der Waals surface area contributed by atoms with Crippen LogP contribution >= 0.6 is 22.7 Å². The van der Waals surface area contributed by atoms with Gasteiger partial charge >= 0.3 is 0 Å². The zero-order valence-electron chi connectivity index (χ0n) is 19.1. The van der Waals surface area contributed by atoms with Gasteiger partial charge in [-0.2, -0.15) is 0 Å². The summed E-state index contributed by atoms with van der Waals surface area (Å²) >= 11 is 3.11. The van der Waals surface area contributed by atoms with Crippen LogP contribution in [0.2, 0.25) is 0 Å². The molecule has 2 amide bonds. The van der Waals surface area contributed by atoms with E-state index in [1.165, 1.54) is 11.3 Å². The summed E-state index contributed by atoms with van der Waals surface area (Å²) in [6, 6.07) is 13.6. The van der Waals surface area contributed by atoms with Crippen LogP contribution in [0.1, 0.15) is 36.4 Å². The molecule has 0 spiro atoms. The summed E-state index contributed by atoms with van der Waals surface area (Å²) in [5, 5.41) is 4.70. The number of ether oxygens (including phenoxy) is 1. The van der Waals surface area contributed by atoms with Gasteiger partial charge in [0.15, 0.2) is 0 Å². The first-order valence-corrected chi connectivity index (χ1v) is 12.6. The Morgan fingerprint density at radius 2 is 1.91 bits per heavy atom. The largest absolute Gasteiger partial charge is 0.355 e. The number of aryl methyl sites for hydroxylation is 3. The predicted molar refractivity (Wildman–Crippen MR) is 134 cm³/mol. The minimum atomic E-state index is -0.547. The quantitative estimate of drug-likeness (QED) is 0.441. The van der Waals surface area contributed by atoms with Gasteiger partial charge in [0, 0.05) is 12.1 Å². The highest BCUT2D eigenvalue weighted by Crippen LogP contribution is 2.32. The maximum absolute atomic E-state index is 13.5. The smallest absolute Gasteiger partial charge is 0.276 e. The van der Waals surface area contributed by atoms with Gasteiger partial charge < -0.3 is 15.0 Å². The van der Waals surface area contributed by atoms with Crippen molar-refractivity contribution < 1.29 is 14.3 Å². The van der Waals surface area contributed by atoms with Crippen molar-refractivity contribution in [2.45, 2.75) is 27.0 Å². The highest BCUT2D eigenvalue weighted by Gasteiger charge is 2.33.